The van der Waals surface area contributed by atoms with E-state index in [-0.39, 0.29) is 6.79 Å². The Bertz CT molecular complexity index is 1470. The molecule has 37 heavy (non-hydrogen) atoms. The zero-order valence-corrected chi connectivity index (χ0v) is 21.0. The number of aromatic nitrogens is 2. The lowest BCUT2D eigenvalue weighted by molar-refractivity contribution is 0.0729. The number of carbonyl (C=O) groups is 1. The number of nitrogens with one attached hydrogen (secondary N) is 1. The summed E-state index contributed by atoms with van der Waals surface area (Å²) in [5.41, 5.74) is 4.11. The van der Waals surface area contributed by atoms with E-state index in [9.17, 15) is 4.79 Å². The number of hydrogen-bond acceptors (Lipinski definition) is 7. The summed E-state index contributed by atoms with van der Waals surface area (Å²) in [5, 5.41) is 3.77. The second kappa shape index (κ2) is 9.69. The topological polar surface area (TPSA) is 83.3 Å². The summed E-state index contributed by atoms with van der Waals surface area (Å²) in [6.45, 7) is 2.21. The SMILES string of the molecule is COc1cc(-c2nc3cc(C)ccn3c2NC2CCCCC2)ccc1OC(=O)c1ccc2c(c1)OCO2. The highest BCUT2D eigenvalue weighted by Gasteiger charge is 2.22. The summed E-state index contributed by atoms with van der Waals surface area (Å²) < 4.78 is 24.1. The van der Waals surface area contributed by atoms with Gasteiger partial charge in [0.25, 0.3) is 0 Å². The van der Waals surface area contributed by atoms with Gasteiger partial charge in [0.2, 0.25) is 6.79 Å². The van der Waals surface area contributed by atoms with E-state index in [0.717, 1.165) is 41.1 Å². The number of anilines is 1. The first-order chi connectivity index (χ1) is 18.1. The normalized spacial score (nSPS) is 15.1. The quantitative estimate of drug-likeness (QED) is 0.257. The molecule has 0 bridgehead atoms. The Morgan fingerprint density at radius 3 is 2.68 bits per heavy atom. The van der Waals surface area contributed by atoms with Crippen molar-refractivity contribution in [1.82, 2.24) is 9.38 Å². The van der Waals surface area contributed by atoms with Gasteiger partial charge in [-0.25, -0.2) is 9.78 Å². The van der Waals surface area contributed by atoms with Crippen LogP contribution in [0.15, 0.2) is 54.7 Å². The summed E-state index contributed by atoms with van der Waals surface area (Å²) in [7, 11) is 1.56. The van der Waals surface area contributed by atoms with Crippen molar-refractivity contribution < 1.29 is 23.7 Å². The van der Waals surface area contributed by atoms with Gasteiger partial charge in [0, 0.05) is 17.8 Å². The second-order valence-corrected chi connectivity index (χ2v) is 9.54. The lowest BCUT2D eigenvalue weighted by Crippen LogP contribution is -2.23. The Morgan fingerprint density at radius 1 is 1.00 bits per heavy atom. The Hall–Kier alpha value is -4.20. The van der Waals surface area contributed by atoms with Gasteiger partial charge >= 0.3 is 5.97 Å². The largest absolute Gasteiger partial charge is 0.493 e. The summed E-state index contributed by atoms with van der Waals surface area (Å²) in [4.78, 5) is 17.8. The molecule has 2 aromatic heterocycles. The average molecular weight is 500 g/mol. The molecule has 1 fully saturated rings. The molecule has 3 heterocycles. The van der Waals surface area contributed by atoms with Crippen LogP contribution in [0.5, 0.6) is 23.0 Å². The fraction of sp³-hybridized carbons (Fsp3) is 0.310. The molecule has 0 atom stereocenters. The van der Waals surface area contributed by atoms with Gasteiger partial charge in [-0.2, -0.15) is 0 Å². The number of nitrogens with zero attached hydrogens (tertiary/aromatic N) is 2. The Kier molecular flexibility index (Phi) is 6.08. The van der Waals surface area contributed by atoms with Crippen LogP contribution in [0.2, 0.25) is 0 Å². The van der Waals surface area contributed by atoms with Crippen molar-refractivity contribution in [3.8, 4) is 34.3 Å². The third kappa shape index (κ3) is 4.55. The first-order valence-corrected chi connectivity index (χ1v) is 12.6. The molecule has 0 amide bonds. The molecule has 2 aromatic carbocycles. The molecule has 1 aliphatic carbocycles. The molecular formula is C29H29N3O5. The van der Waals surface area contributed by atoms with E-state index in [1.54, 1.807) is 31.4 Å². The Balaban J connectivity index is 1.32. The van der Waals surface area contributed by atoms with E-state index in [1.807, 2.05) is 12.1 Å². The number of ether oxygens (including phenoxy) is 4. The molecule has 8 nitrogen and oxygen atoms in total. The minimum atomic E-state index is -0.507. The van der Waals surface area contributed by atoms with Crippen molar-refractivity contribution in [1.29, 1.82) is 0 Å². The number of imidazole rings is 1. The summed E-state index contributed by atoms with van der Waals surface area (Å²) in [6, 6.07) is 15.1. The lowest BCUT2D eigenvalue weighted by atomic mass is 9.95. The van der Waals surface area contributed by atoms with Crippen LogP contribution in [-0.2, 0) is 0 Å². The fourth-order valence-electron chi connectivity index (χ4n) is 5.01. The van der Waals surface area contributed by atoms with Crippen molar-refractivity contribution in [3.05, 3.63) is 65.9 Å². The standard InChI is InChI=1S/C29H29N3O5/c1-18-12-13-32-26(14-18)31-27(28(32)30-21-6-4-3-5-7-21)19-8-11-23(24(15-19)34-2)37-29(33)20-9-10-22-25(16-20)36-17-35-22/h8-16,21,30H,3-7,17H2,1-2H3. The highest BCUT2D eigenvalue weighted by molar-refractivity contribution is 5.92. The number of pyridine rings is 1. The first-order valence-electron chi connectivity index (χ1n) is 12.6. The minimum Gasteiger partial charge on any atom is -0.493 e. The molecule has 6 rings (SSSR count). The highest BCUT2D eigenvalue weighted by atomic mass is 16.7. The predicted octanol–water partition coefficient (Wildman–Crippen LogP) is 6.01. The maximum atomic E-state index is 12.9. The van der Waals surface area contributed by atoms with Gasteiger partial charge < -0.3 is 24.3 Å². The molecule has 0 radical (unpaired) electrons. The van der Waals surface area contributed by atoms with Crippen LogP contribution in [0, 0.1) is 6.92 Å². The van der Waals surface area contributed by atoms with Crippen LogP contribution in [-0.4, -0.2) is 35.3 Å². The second-order valence-electron chi connectivity index (χ2n) is 9.54. The van der Waals surface area contributed by atoms with Gasteiger partial charge in [-0.1, -0.05) is 19.3 Å². The van der Waals surface area contributed by atoms with Gasteiger partial charge in [-0.15, -0.1) is 0 Å². The minimum absolute atomic E-state index is 0.142. The van der Waals surface area contributed by atoms with E-state index in [2.05, 4.69) is 35.0 Å². The Labute approximate surface area is 215 Å². The molecule has 0 spiro atoms. The monoisotopic (exact) mass is 499 g/mol. The number of aryl methyl sites for hydroxylation is 1. The molecule has 4 aromatic rings. The van der Waals surface area contributed by atoms with Gasteiger partial charge in [-0.3, -0.25) is 4.40 Å². The van der Waals surface area contributed by atoms with Crippen LogP contribution in [0.3, 0.4) is 0 Å². The third-order valence-electron chi connectivity index (χ3n) is 6.98. The molecule has 2 aliphatic rings. The van der Waals surface area contributed by atoms with Crippen molar-refractivity contribution in [3.63, 3.8) is 0 Å². The number of rotatable bonds is 6. The molecule has 1 aliphatic heterocycles. The van der Waals surface area contributed by atoms with Crippen LogP contribution < -0.4 is 24.3 Å². The van der Waals surface area contributed by atoms with E-state index in [0.29, 0.717) is 34.6 Å². The average Bonchev–Trinajstić information content (AvgIpc) is 3.53. The van der Waals surface area contributed by atoms with Crippen molar-refractivity contribution in [2.75, 3.05) is 19.2 Å². The van der Waals surface area contributed by atoms with Gasteiger partial charge in [0.05, 0.1) is 12.7 Å². The summed E-state index contributed by atoms with van der Waals surface area (Å²) >= 11 is 0. The van der Waals surface area contributed by atoms with Crippen molar-refractivity contribution in [2.24, 2.45) is 0 Å². The molecular weight excluding hydrogens is 470 g/mol. The van der Waals surface area contributed by atoms with Crippen LogP contribution in [0.4, 0.5) is 5.82 Å². The molecule has 1 N–H and O–H groups in total. The molecule has 8 heteroatoms. The lowest BCUT2D eigenvalue weighted by Gasteiger charge is -2.24. The smallest absolute Gasteiger partial charge is 0.343 e. The number of esters is 1. The van der Waals surface area contributed by atoms with Crippen LogP contribution in [0.1, 0.15) is 48.0 Å². The fourth-order valence-corrected chi connectivity index (χ4v) is 5.01. The zero-order chi connectivity index (χ0) is 25.4. The van der Waals surface area contributed by atoms with E-state index in [4.69, 9.17) is 23.9 Å². The first kappa shape index (κ1) is 23.2. The molecule has 0 saturated heterocycles. The molecule has 1 saturated carbocycles. The maximum Gasteiger partial charge on any atom is 0.343 e. The summed E-state index contributed by atoms with van der Waals surface area (Å²) in [5.74, 6) is 2.37. The van der Waals surface area contributed by atoms with Crippen molar-refractivity contribution in [2.45, 2.75) is 45.1 Å². The predicted molar refractivity (Wildman–Crippen MR) is 140 cm³/mol. The summed E-state index contributed by atoms with van der Waals surface area (Å²) in [6.07, 6.45) is 8.12. The number of methoxy groups -OCH3 is 1. The highest BCUT2D eigenvalue weighted by Crippen LogP contribution is 2.38. The van der Waals surface area contributed by atoms with Crippen LogP contribution >= 0.6 is 0 Å². The van der Waals surface area contributed by atoms with Gasteiger partial charge in [0.1, 0.15) is 17.2 Å². The zero-order valence-electron chi connectivity index (χ0n) is 21.0. The molecule has 190 valence electrons. The number of hydrogen-bond donors (Lipinski definition) is 1. The van der Waals surface area contributed by atoms with Gasteiger partial charge in [0.15, 0.2) is 23.0 Å². The number of carbonyl (C=O) groups excluding carboxylic acids is 1. The number of benzene rings is 2. The number of fused-ring (bicyclic) bond motifs is 2. The van der Waals surface area contributed by atoms with Crippen LogP contribution in [0.25, 0.3) is 16.9 Å². The Morgan fingerprint density at radius 2 is 1.84 bits per heavy atom. The van der Waals surface area contributed by atoms with Gasteiger partial charge in [-0.05, 0) is 73.9 Å². The van der Waals surface area contributed by atoms with E-state index in [1.165, 1.54) is 19.3 Å². The van der Waals surface area contributed by atoms with Crippen molar-refractivity contribution >= 4 is 17.4 Å². The molecule has 0 unspecified atom stereocenters. The van der Waals surface area contributed by atoms with E-state index >= 15 is 0 Å². The maximum absolute atomic E-state index is 12.9. The third-order valence-corrected chi connectivity index (χ3v) is 6.98. The van der Waals surface area contributed by atoms with E-state index < -0.39 is 5.97 Å².